The van der Waals surface area contributed by atoms with E-state index in [0.717, 1.165) is 0 Å². The van der Waals surface area contributed by atoms with E-state index in [1.165, 1.54) is 0 Å². The second-order valence-electron chi connectivity index (χ2n) is 7.00. The van der Waals surface area contributed by atoms with Crippen LogP contribution in [0.25, 0.3) is 0 Å². The number of hydrogen-bond acceptors (Lipinski definition) is 6. The maximum atomic E-state index is 13.3. The number of carbonyl (C=O) groups is 1. The first-order valence-corrected chi connectivity index (χ1v) is 10.5. The molecule has 6 nitrogen and oxygen atoms in total. The fraction of sp³-hybridized carbons (Fsp3) is 0.185. The Morgan fingerprint density at radius 3 is 2.15 bits per heavy atom. The number of ketones is 1. The van der Waals surface area contributed by atoms with Crippen molar-refractivity contribution in [1.29, 1.82) is 0 Å². The van der Waals surface area contributed by atoms with E-state index in [-0.39, 0.29) is 12.4 Å². The van der Waals surface area contributed by atoms with E-state index in [4.69, 9.17) is 23.9 Å². The highest BCUT2D eigenvalue weighted by molar-refractivity contribution is 6.25. The molecule has 0 N–H and O–H groups in total. The fourth-order valence-corrected chi connectivity index (χ4v) is 3.24. The predicted molar refractivity (Wildman–Crippen MR) is 130 cm³/mol. The molecule has 1 aliphatic rings. The minimum atomic E-state index is -0.886. The number of benzene rings is 2. The van der Waals surface area contributed by atoms with Crippen molar-refractivity contribution in [2.24, 2.45) is 4.99 Å². The predicted octanol–water partition coefficient (Wildman–Crippen LogP) is 5.27. The lowest BCUT2D eigenvalue weighted by atomic mass is 9.93. The van der Waals surface area contributed by atoms with Gasteiger partial charge in [0.25, 0.3) is 0 Å². The van der Waals surface area contributed by atoms with Crippen LogP contribution in [-0.4, -0.2) is 44.0 Å². The summed E-state index contributed by atoms with van der Waals surface area (Å²) < 4.78 is 22.9. The number of aliphatic imine (C=N–C) groups is 1. The van der Waals surface area contributed by atoms with Gasteiger partial charge in [-0.25, -0.2) is 4.99 Å². The molecule has 0 aromatic heterocycles. The van der Waals surface area contributed by atoms with Gasteiger partial charge in [-0.3, -0.25) is 4.79 Å². The normalized spacial score (nSPS) is 14.5. The van der Waals surface area contributed by atoms with E-state index in [1.807, 2.05) is 6.07 Å². The lowest BCUT2D eigenvalue weighted by molar-refractivity contribution is 0.0688. The van der Waals surface area contributed by atoms with Crippen LogP contribution in [0.1, 0.15) is 15.9 Å². The largest absolute Gasteiger partial charge is 0.489 e. The van der Waals surface area contributed by atoms with Crippen LogP contribution in [0.15, 0.2) is 92.0 Å². The van der Waals surface area contributed by atoms with E-state index in [2.05, 4.69) is 26.3 Å². The Hall–Kier alpha value is -3.90. The van der Waals surface area contributed by atoms with Crippen molar-refractivity contribution in [3.63, 3.8) is 0 Å². The lowest BCUT2D eigenvalue weighted by Crippen LogP contribution is -2.36. The van der Waals surface area contributed by atoms with E-state index in [9.17, 15) is 4.79 Å². The average molecular weight is 446 g/mol. The number of hydrogen-bond donors (Lipinski definition) is 0. The second-order valence-corrected chi connectivity index (χ2v) is 7.00. The van der Waals surface area contributed by atoms with Gasteiger partial charge in [-0.05, 0) is 30.3 Å². The molecule has 0 radical (unpaired) electrons. The Morgan fingerprint density at radius 2 is 1.45 bits per heavy atom. The Morgan fingerprint density at radius 1 is 0.788 bits per heavy atom. The summed E-state index contributed by atoms with van der Waals surface area (Å²) >= 11 is 0. The van der Waals surface area contributed by atoms with Crippen molar-refractivity contribution in [1.82, 2.24) is 0 Å². The SMILES string of the molecule is C=CCOc1ccc2c(c1)N=C(c1ccc(OCC=C)c(OCC=C)c1)C(OCC=C)C2=O. The first-order chi connectivity index (χ1) is 16.1. The number of fused-ring (bicyclic) bond motifs is 1. The van der Waals surface area contributed by atoms with E-state index < -0.39 is 6.10 Å². The summed E-state index contributed by atoms with van der Waals surface area (Å²) in [7, 11) is 0. The minimum absolute atomic E-state index is 0.187. The zero-order chi connectivity index (χ0) is 23.6. The van der Waals surface area contributed by atoms with Gasteiger partial charge >= 0.3 is 0 Å². The molecule has 6 heteroatoms. The van der Waals surface area contributed by atoms with Crippen molar-refractivity contribution in [2.45, 2.75) is 6.10 Å². The summed E-state index contributed by atoms with van der Waals surface area (Å²) in [6.07, 6.45) is 5.65. The summed E-state index contributed by atoms with van der Waals surface area (Å²) in [4.78, 5) is 18.1. The van der Waals surface area contributed by atoms with Crippen molar-refractivity contribution >= 4 is 17.2 Å². The monoisotopic (exact) mass is 445 g/mol. The molecule has 0 saturated carbocycles. The fourth-order valence-electron chi connectivity index (χ4n) is 3.24. The summed E-state index contributed by atoms with van der Waals surface area (Å²) in [5.41, 5.74) is 2.11. The summed E-state index contributed by atoms with van der Waals surface area (Å²) in [6, 6.07) is 10.5. The van der Waals surface area contributed by atoms with Gasteiger partial charge in [-0.15, -0.1) is 6.58 Å². The van der Waals surface area contributed by atoms with Crippen LogP contribution < -0.4 is 14.2 Å². The van der Waals surface area contributed by atoms with Crippen LogP contribution in [0.2, 0.25) is 0 Å². The molecule has 1 atom stereocenters. The quantitative estimate of drug-likeness (QED) is 0.393. The average Bonchev–Trinajstić information content (AvgIpc) is 2.84. The van der Waals surface area contributed by atoms with Gasteiger partial charge in [0.15, 0.2) is 23.4 Å². The zero-order valence-corrected chi connectivity index (χ0v) is 18.5. The molecule has 0 aliphatic carbocycles. The number of carbonyl (C=O) groups excluding carboxylic acids is 1. The minimum Gasteiger partial charge on any atom is -0.489 e. The van der Waals surface area contributed by atoms with Gasteiger partial charge in [0, 0.05) is 17.2 Å². The maximum absolute atomic E-state index is 13.3. The molecule has 3 rings (SSSR count). The number of Topliss-reactive ketones (excluding diaryl/α,β-unsaturated/α-hetero) is 1. The van der Waals surface area contributed by atoms with Crippen molar-refractivity contribution in [3.8, 4) is 17.2 Å². The molecule has 1 unspecified atom stereocenters. The molecular weight excluding hydrogens is 418 g/mol. The van der Waals surface area contributed by atoms with Gasteiger partial charge in [0.05, 0.1) is 18.0 Å². The molecule has 1 aliphatic heterocycles. The highest BCUT2D eigenvalue weighted by Gasteiger charge is 2.33. The number of nitrogens with zero attached hydrogens (tertiary/aromatic N) is 1. The van der Waals surface area contributed by atoms with E-state index in [0.29, 0.717) is 59.6 Å². The van der Waals surface area contributed by atoms with Gasteiger partial charge in [-0.2, -0.15) is 0 Å². The summed E-state index contributed by atoms with van der Waals surface area (Å²) in [6.45, 7) is 15.9. The Bertz CT molecular complexity index is 1090. The Labute approximate surface area is 194 Å². The van der Waals surface area contributed by atoms with Crippen LogP contribution in [0, 0.1) is 0 Å². The molecule has 1 heterocycles. The molecule has 170 valence electrons. The van der Waals surface area contributed by atoms with Crippen LogP contribution >= 0.6 is 0 Å². The van der Waals surface area contributed by atoms with Gasteiger partial charge in [0.1, 0.15) is 25.6 Å². The van der Waals surface area contributed by atoms with Crippen molar-refractivity contribution in [2.75, 3.05) is 26.4 Å². The Balaban J connectivity index is 2.08. The topological polar surface area (TPSA) is 66.3 Å². The first kappa shape index (κ1) is 23.8. The standard InChI is InChI=1S/C27H27NO5/c1-5-13-30-20-10-11-21-22(18-20)28-25(27(26(21)29)33-16-8-4)19-9-12-23(31-14-6-2)24(17-19)32-15-7-3/h5-12,17-18,27H,1-4,13-16H2. The van der Waals surface area contributed by atoms with Crippen LogP contribution in [0.3, 0.4) is 0 Å². The third-order valence-electron chi connectivity index (χ3n) is 4.66. The summed E-state index contributed by atoms with van der Waals surface area (Å²) in [5.74, 6) is 1.46. The van der Waals surface area contributed by atoms with E-state index in [1.54, 1.807) is 54.6 Å². The Kier molecular flexibility index (Phi) is 8.38. The molecule has 0 spiro atoms. The van der Waals surface area contributed by atoms with Crippen LogP contribution in [-0.2, 0) is 4.74 Å². The van der Waals surface area contributed by atoms with Crippen LogP contribution in [0.4, 0.5) is 5.69 Å². The highest BCUT2D eigenvalue weighted by atomic mass is 16.5. The number of rotatable bonds is 13. The first-order valence-electron chi connectivity index (χ1n) is 10.5. The second kappa shape index (κ2) is 11.6. The van der Waals surface area contributed by atoms with Crippen LogP contribution in [0.5, 0.6) is 17.2 Å². The smallest absolute Gasteiger partial charge is 0.199 e. The molecule has 33 heavy (non-hydrogen) atoms. The van der Waals surface area contributed by atoms with Gasteiger partial charge in [-0.1, -0.05) is 44.0 Å². The van der Waals surface area contributed by atoms with Crippen molar-refractivity contribution < 1.29 is 23.7 Å². The molecule has 0 amide bonds. The maximum Gasteiger partial charge on any atom is 0.199 e. The molecular formula is C27H27NO5. The molecule has 2 aromatic rings. The molecule has 2 aromatic carbocycles. The summed E-state index contributed by atoms with van der Waals surface area (Å²) in [5, 5.41) is 0. The molecule has 0 bridgehead atoms. The van der Waals surface area contributed by atoms with E-state index >= 15 is 0 Å². The van der Waals surface area contributed by atoms with Gasteiger partial charge < -0.3 is 18.9 Å². The lowest BCUT2D eigenvalue weighted by Gasteiger charge is -2.25. The third kappa shape index (κ3) is 5.67. The van der Waals surface area contributed by atoms with Crippen molar-refractivity contribution in [3.05, 3.63) is 98.1 Å². The third-order valence-corrected chi connectivity index (χ3v) is 4.66. The molecule has 0 saturated heterocycles. The highest BCUT2D eigenvalue weighted by Crippen LogP contribution is 2.35. The molecule has 0 fully saturated rings. The zero-order valence-electron chi connectivity index (χ0n) is 18.5. The number of ether oxygens (including phenoxy) is 4. The van der Waals surface area contributed by atoms with Gasteiger partial charge in [0.2, 0.25) is 0 Å².